The Morgan fingerprint density at radius 3 is 2.88 bits per heavy atom. The van der Waals surface area contributed by atoms with Crippen LogP contribution in [0.15, 0.2) is 47.1 Å². The van der Waals surface area contributed by atoms with Crippen LogP contribution < -0.4 is 4.74 Å². The summed E-state index contributed by atoms with van der Waals surface area (Å²) in [5, 5.41) is 1.37. The summed E-state index contributed by atoms with van der Waals surface area (Å²) in [6, 6.07) is 9.60. The molecule has 1 unspecified atom stereocenters. The maximum absolute atomic E-state index is 12.6. The molecule has 1 fully saturated rings. The standard InChI is InChI=1S/C17H14ClN3O3/c18-12-8-19-17(20-9-12)23-13-5-6-21(10-13)16(22)15-7-11-3-1-2-4-14(11)24-15/h1-4,7-9,13H,5-6,10H2. The number of hydrogen-bond donors (Lipinski definition) is 0. The lowest BCUT2D eigenvalue weighted by Gasteiger charge is -2.15. The van der Waals surface area contributed by atoms with E-state index in [-0.39, 0.29) is 18.0 Å². The van der Waals surface area contributed by atoms with Crippen LogP contribution in [0.2, 0.25) is 5.02 Å². The number of likely N-dealkylation sites (tertiary alicyclic amines) is 1. The molecule has 0 radical (unpaired) electrons. The first-order chi connectivity index (χ1) is 11.7. The molecule has 1 atom stereocenters. The maximum Gasteiger partial charge on any atom is 0.316 e. The normalized spacial score (nSPS) is 17.4. The highest BCUT2D eigenvalue weighted by molar-refractivity contribution is 6.30. The van der Waals surface area contributed by atoms with Gasteiger partial charge in [-0.15, -0.1) is 0 Å². The van der Waals surface area contributed by atoms with E-state index in [1.165, 1.54) is 12.4 Å². The predicted molar refractivity (Wildman–Crippen MR) is 88.2 cm³/mol. The van der Waals surface area contributed by atoms with Gasteiger partial charge in [0.2, 0.25) is 0 Å². The molecule has 1 amide bonds. The smallest absolute Gasteiger partial charge is 0.316 e. The van der Waals surface area contributed by atoms with Gasteiger partial charge in [-0.05, 0) is 12.1 Å². The molecular weight excluding hydrogens is 330 g/mol. The fourth-order valence-electron chi connectivity index (χ4n) is 2.76. The van der Waals surface area contributed by atoms with Crippen molar-refractivity contribution in [1.29, 1.82) is 0 Å². The lowest BCUT2D eigenvalue weighted by atomic mass is 10.2. The van der Waals surface area contributed by atoms with Crippen LogP contribution in [0.5, 0.6) is 6.01 Å². The Labute approximate surface area is 143 Å². The van der Waals surface area contributed by atoms with E-state index in [4.69, 9.17) is 20.8 Å². The van der Waals surface area contributed by atoms with Gasteiger partial charge < -0.3 is 14.1 Å². The first kappa shape index (κ1) is 15.0. The second-order valence-electron chi connectivity index (χ2n) is 5.61. The SMILES string of the molecule is O=C(c1cc2ccccc2o1)N1CCC(Oc2ncc(Cl)cn2)C1. The summed E-state index contributed by atoms with van der Waals surface area (Å²) in [4.78, 5) is 22.3. The second-order valence-corrected chi connectivity index (χ2v) is 6.05. The minimum atomic E-state index is -0.139. The zero-order valence-corrected chi connectivity index (χ0v) is 13.4. The van der Waals surface area contributed by atoms with E-state index >= 15 is 0 Å². The van der Waals surface area contributed by atoms with Gasteiger partial charge in [-0.25, -0.2) is 9.97 Å². The van der Waals surface area contributed by atoms with Gasteiger partial charge in [-0.3, -0.25) is 4.79 Å². The van der Waals surface area contributed by atoms with Crippen LogP contribution in [0.3, 0.4) is 0 Å². The van der Waals surface area contributed by atoms with Crippen LogP contribution in [-0.2, 0) is 0 Å². The molecule has 7 heteroatoms. The number of carbonyl (C=O) groups is 1. The minimum Gasteiger partial charge on any atom is -0.458 e. The fourth-order valence-corrected chi connectivity index (χ4v) is 2.86. The van der Waals surface area contributed by atoms with Crippen molar-refractivity contribution in [3.05, 3.63) is 53.5 Å². The summed E-state index contributed by atoms with van der Waals surface area (Å²) in [5.41, 5.74) is 0.711. The molecule has 3 aromatic rings. The number of para-hydroxylation sites is 1. The molecule has 6 nitrogen and oxygen atoms in total. The Hall–Kier alpha value is -2.60. The quantitative estimate of drug-likeness (QED) is 0.730. The number of furan rings is 1. The molecule has 3 heterocycles. The molecule has 0 spiro atoms. The van der Waals surface area contributed by atoms with E-state index < -0.39 is 0 Å². The van der Waals surface area contributed by atoms with Crippen LogP contribution in [0.25, 0.3) is 11.0 Å². The summed E-state index contributed by atoms with van der Waals surface area (Å²) >= 11 is 5.75. The van der Waals surface area contributed by atoms with E-state index in [0.29, 0.717) is 29.5 Å². The van der Waals surface area contributed by atoms with Crippen molar-refractivity contribution in [3.8, 4) is 6.01 Å². The van der Waals surface area contributed by atoms with Gasteiger partial charge in [-0.2, -0.15) is 0 Å². The van der Waals surface area contributed by atoms with Crippen molar-refractivity contribution >= 4 is 28.5 Å². The molecule has 122 valence electrons. The average Bonchev–Trinajstić information content (AvgIpc) is 3.23. The van der Waals surface area contributed by atoms with Gasteiger partial charge in [-0.1, -0.05) is 29.8 Å². The third-order valence-electron chi connectivity index (χ3n) is 3.94. The highest BCUT2D eigenvalue weighted by Crippen LogP contribution is 2.23. The number of aromatic nitrogens is 2. The Morgan fingerprint density at radius 2 is 2.08 bits per heavy atom. The summed E-state index contributed by atoms with van der Waals surface area (Å²) in [6.07, 6.45) is 3.55. The molecular formula is C17H14ClN3O3. The molecule has 1 aromatic carbocycles. The number of fused-ring (bicyclic) bond motifs is 1. The van der Waals surface area contributed by atoms with Gasteiger partial charge >= 0.3 is 6.01 Å². The van der Waals surface area contributed by atoms with Gasteiger partial charge in [0.15, 0.2) is 5.76 Å². The lowest BCUT2D eigenvalue weighted by molar-refractivity contribution is 0.0741. The molecule has 0 aliphatic carbocycles. The predicted octanol–water partition coefficient (Wildman–Crippen LogP) is 3.17. The topological polar surface area (TPSA) is 68.5 Å². The first-order valence-electron chi connectivity index (χ1n) is 7.61. The summed E-state index contributed by atoms with van der Waals surface area (Å²) in [7, 11) is 0. The van der Waals surface area contributed by atoms with Gasteiger partial charge in [0, 0.05) is 18.4 Å². The first-order valence-corrected chi connectivity index (χ1v) is 7.99. The average molecular weight is 344 g/mol. The summed E-state index contributed by atoms with van der Waals surface area (Å²) in [6.45, 7) is 1.08. The molecule has 1 aliphatic rings. The number of carbonyl (C=O) groups excluding carboxylic acids is 1. The molecule has 1 aliphatic heterocycles. The Morgan fingerprint density at radius 1 is 1.29 bits per heavy atom. The van der Waals surface area contributed by atoms with Crippen LogP contribution in [0, 0.1) is 0 Å². The van der Waals surface area contributed by atoms with Crippen molar-refractivity contribution in [3.63, 3.8) is 0 Å². The molecule has 4 rings (SSSR count). The van der Waals surface area contributed by atoms with Crippen LogP contribution in [0.1, 0.15) is 17.0 Å². The van der Waals surface area contributed by atoms with Crippen LogP contribution >= 0.6 is 11.6 Å². The maximum atomic E-state index is 12.6. The van der Waals surface area contributed by atoms with E-state index in [2.05, 4.69) is 9.97 Å². The van der Waals surface area contributed by atoms with Crippen molar-refractivity contribution in [2.45, 2.75) is 12.5 Å². The van der Waals surface area contributed by atoms with Crippen LogP contribution in [0.4, 0.5) is 0 Å². The molecule has 0 saturated carbocycles. The number of hydrogen-bond acceptors (Lipinski definition) is 5. The Kier molecular flexibility index (Phi) is 3.82. The van der Waals surface area contributed by atoms with Crippen LogP contribution in [-0.4, -0.2) is 40.0 Å². The highest BCUT2D eigenvalue weighted by Gasteiger charge is 2.30. The molecule has 2 aromatic heterocycles. The molecule has 1 saturated heterocycles. The number of amides is 1. The number of rotatable bonds is 3. The number of nitrogens with zero attached hydrogens (tertiary/aromatic N) is 3. The molecule has 24 heavy (non-hydrogen) atoms. The fraction of sp³-hybridized carbons (Fsp3) is 0.235. The molecule has 0 bridgehead atoms. The van der Waals surface area contributed by atoms with E-state index in [9.17, 15) is 4.79 Å². The largest absolute Gasteiger partial charge is 0.458 e. The lowest BCUT2D eigenvalue weighted by Crippen LogP contribution is -2.30. The van der Waals surface area contributed by atoms with E-state index in [1.54, 1.807) is 11.0 Å². The van der Waals surface area contributed by atoms with E-state index in [1.807, 2.05) is 24.3 Å². The second kappa shape index (κ2) is 6.13. The molecule has 0 N–H and O–H groups in total. The zero-order valence-electron chi connectivity index (χ0n) is 12.7. The number of ether oxygens (including phenoxy) is 1. The van der Waals surface area contributed by atoms with Crippen molar-refractivity contribution in [2.24, 2.45) is 0 Å². The minimum absolute atomic E-state index is 0.130. The van der Waals surface area contributed by atoms with Crippen molar-refractivity contribution in [2.75, 3.05) is 13.1 Å². The van der Waals surface area contributed by atoms with Gasteiger partial charge in [0.05, 0.1) is 24.0 Å². The number of benzene rings is 1. The van der Waals surface area contributed by atoms with E-state index in [0.717, 1.165) is 11.8 Å². The van der Waals surface area contributed by atoms with Gasteiger partial charge in [0.25, 0.3) is 5.91 Å². The Bertz CT molecular complexity index is 845. The van der Waals surface area contributed by atoms with Crippen molar-refractivity contribution in [1.82, 2.24) is 14.9 Å². The summed E-state index contributed by atoms with van der Waals surface area (Å²) in [5.74, 6) is 0.217. The highest BCUT2D eigenvalue weighted by atomic mass is 35.5. The third-order valence-corrected chi connectivity index (χ3v) is 4.13. The summed E-state index contributed by atoms with van der Waals surface area (Å²) < 4.78 is 11.3. The van der Waals surface area contributed by atoms with Crippen molar-refractivity contribution < 1.29 is 13.9 Å². The number of halogens is 1. The third kappa shape index (κ3) is 2.92. The van der Waals surface area contributed by atoms with Gasteiger partial charge in [0.1, 0.15) is 11.7 Å². The zero-order chi connectivity index (χ0) is 16.5. The Balaban J connectivity index is 1.44. The monoisotopic (exact) mass is 343 g/mol.